The number of nitrogens with two attached hydrogens (primary N) is 1. The van der Waals surface area contributed by atoms with Gasteiger partial charge >= 0.3 is 0 Å². The van der Waals surface area contributed by atoms with E-state index in [9.17, 15) is 18.3 Å². The molecule has 2 nitrogen and oxygen atoms in total. The molecule has 0 radical (unpaired) electrons. The first kappa shape index (κ1) is 14.1. The third-order valence-corrected chi connectivity index (χ3v) is 3.17. The van der Waals surface area contributed by atoms with Crippen LogP contribution in [0.15, 0.2) is 6.07 Å². The molecule has 1 aromatic carbocycles. The smallest absolute Gasteiger partial charge is 0.195 e. The van der Waals surface area contributed by atoms with Gasteiger partial charge in [0.2, 0.25) is 0 Å². The van der Waals surface area contributed by atoms with Gasteiger partial charge in [-0.2, -0.15) is 0 Å². The summed E-state index contributed by atoms with van der Waals surface area (Å²) in [6.07, 6.45) is 2.63. The minimum Gasteiger partial charge on any atom is -0.507 e. The maximum absolute atomic E-state index is 13.4. The number of hydrogen-bond donors (Lipinski definition) is 2. The van der Waals surface area contributed by atoms with Gasteiger partial charge in [-0.05, 0) is 18.8 Å². The predicted molar refractivity (Wildman–Crippen MR) is 59.5 cm³/mol. The number of phenols is 1. The Morgan fingerprint density at radius 3 is 2.29 bits per heavy atom. The molecule has 1 fully saturated rings. The highest BCUT2D eigenvalue weighted by Gasteiger charge is 2.31. The molecule has 0 aromatic heterocycles. The summed E-state index contributed by atoms with van der Waals surface area (Å²) in [7, 11) is 0. The van der Waals surface area contributed by atoms with Gasteiger partial charge in [0, 0.05) is 17.7 Å². The molecule has 0 heterocycles. The largest absolute Gasteiger partial charge is 0.507 e. The van der Waals surface area contributed by atoms with Crippen LogP contribution < -0.4 is 5.73 Å². The van der Waals surface area contributed by atoms with E-state index >= 15 is 0 Å². The van der Waals surface area contributed by atoms with Crippen LogP contribution in [0.5, 0.6) is 5.75 Å². The molecule has 0 aliphatic heterocycles. The van der Waals surface area contributed by atoms with Crippen LogP contribution in [0.1, 0.15) is 30.9 Å². The molecular weight excluding hydrogens is 255 g/mol. The zero-order valence-electron chi connectivity index (χ0n) is 8.92. The standard InChI is InChI=1S/C11H12F3NO.ClH/c12-6-4-7(16)8(10(14)9(6)13)11(15)5-2-1-3-5;/h4-5,11,16H,1-3,15H2;1H/t11-;/m0./s1. The Hall–Kier alpha value is -0.940. The highest BCUT2D eigenvalue weighted by Crippen LogP contribution is 2.40. The van der Waals surface area contributed by atoms with Crippen LogP contribution in [0.3, 0.4) is 0 Å². The fourth-order valence-corrected chi connectivity index (χ4v) is 1.95. The van der Waals surface area contributed by atoms with Crippen LogP contribution in [-0.2, 0) is 0 Å². The fourth-order valence-electron chi connectivity index (χ4n) is 1.95. The summed E-state index contributed by atoms with van der Waals surface area (Å²) in [4.78, 5) is 0. The molecule has 96 valence electrons. The Morgan fingerprint density at radius 2 is 1.82 bits per heavy atom. The van der Waals surface area contributed by atoms with Gasteiger partial charge < -0.3 is 10.8 Å². The van der Waals surface area contributed by atoms with Crippen molar-refractivity contribution in [2.24, 2.45) is 11.7 Å². The fraction of sp³-hybridized carbons (Fsp3) is 0.455. The molecule has 0 unspecified atom stereocenters. The van der Waals surface area contributed by atoms with Gasteiger partial charge in [0.15, 0.2) is 17.5 Å². The van der Waals surface area contributed by atoms with Gasteiger partial charge in [-0.1, -0.05) is 6.42 Å². The van der Waals surface area contributed by atoms with Crippen LogP contribution in [0, 0.1) is 23.4 Å². The zero-order chi connectivity index (χ0) is 11.9. The lowest BCUT2D eigenvalue weighted by molar-refractivity contribution is 0.253. The Balaban J connectivity index is 0.00000144. The maximum Gasteiger partial charge on any atom is 0.195 e. The summed E-state index contributed by atoms with van der Waals surface area (Å²) in [6.45, 7) is 0. The summed E-state index contributed by atoms with van der Waals surface area (Å²) in [5, 5.41) is 9.41. The number of rotatable bonds is 2. The van der Waals surface area contributed by atoms with Crippen molar-refractivity contribution in [1.82, 2.24) is 0 Å². The van der Waals surface area contributed by atoms with E-state index in [2.05, 4.69) is 0 Å². The molecule has 1 aliphatic carbocycles. The van der Waals surface area contributed by atoms with Gasteiger partial charge in [-0.15, -0.1) is 12.4 Å². The number of halogens is 4. The van der Waals surface area contributed by atoms with Crippen molar-refractivity contribution in [2.45, 2.75) is 25.3 Å². The topological polar surface area (TPSA) is 46.2 Å². The van der Waals surface area contributed by atoms with Crippen molar-refractivity contribution in [3.63, 3.8) is 0 Å². The van der Waals surface area contributed by atoms with Crippen LogP contribution >= 0.6 is 12.4 Å². The lowest BCUT2D eigenvalue weighted by Gasteiger charge is -2.31. The van der Waals surface area contributed by atoms with Crippen molar-refractivity contribution in [1.29, 1.82) is 0 Å². The average molecular weight is 268 g/mol. The second-order valence-corrected chi connectivity index (χ2v) is 4.14. The number of phenolic OH excluding ortho intramolecular Hbond substituents is 1. The van der Waals surface area contributed by atoms with Crippen LogP contribution in [0.25, 0.3) is 0 Å². The molecule has 3 N–H and O–H groups in total. The molecule has 0 saturated heterocycles. The number of hydrogen-bond acceptors (Lipinski definition) is 2. The van der Waals surface area contributed by atoms with E-state index in [0.29, 0.717) is 6.07 Å². The van der Waals surface area contributed by atoms with Crippen LogP contribution in [0.4, 0.5) is 13.2 Å². The van der Waals surface area contributed by atoms with E-state index < -0.39 is 29.2 Å². The third kappa shape index (κ3) is 2.35. The van der Waals surface area contributed by atoms with Crippen LogP contribution in [-0.4, -0.2) is 5.11 Å². The lowest BCUT2D eigenvalue weighted by Crippen LogP contribution is -2.28. The molecule has 1 atom stereocenters. The summed E-state index contributed by atoms with van der Waals surface area (Å²) in [6, 6.07) is -0.212. The lowest BCUT2D eigenvalue weighted by atomic mass is 9.77. The quantitative estimate of drug-likeness (QED) is 0.809. The second-order valence-electron chi connectivity index (χ2n) is 4.14. The normalized spacial score (nSPS) is 17.2. The van der Waals surface area contributed by atoms with E-state index in [1.54, 1.807) is 0 Å². The van der Waals surface area contributed by atoms with Gasteiger partial charge in [-0.3, -0.25) is 0 Å². The van der Waals surface area contributed by atoms with Crippen molar-refractivity contribution in [3.05, 3.63) is 29.1 Å². The minimum absolute atomic E-state index is 0. The average Bonchev–Trinajstić information content (AvgIpc) is 2.11. The molecule has 1 aliphatic rings. The molecule has 17 heavy (non-hydrogen) atoms. The van der Waals surface area contributed by atoms with E-state index in [1.807, 2.05) is 0 Å². The molecule has 0 bridgehead atoms. The molecule has 0 amide bonds. The summed E-state index contributed by atoms with van der Waals surface area (Å²) in [5.74, 6) is -4.94. The summed E-state index contributed by atoms with van der Waals surface area (Å²) >= 11 is 0. The highest BCUT2D eigenvalue weighted by atomic mass is 35.5. The Labute approximate surface area is 103 Å². The van der Waals surface area contributed by atoms with Crippen molar-refractivity contribution >= 4 is 12.4 Å². The first-order valence-electron chi connectivity index (χ1n) is 5.14. The first-order chi connectivity index (χ1) is 7.52. The summed E-state index contributed by atoms with van der Waals surface area (Å²) in [5.41, 5.74) is 5.42. The van der Waals surface area contributed by atoms with E-state index in [4.69, 9.17) is 5.73 Å². The van der Waals surface area contributed by atoms with Crippen molar-refractivity contribution < 1.29 is 18.3 Å². The number of benzene rings is 1. The molecule has 2 rings (SSSR count). The predicted octanol–water partition coefficient (Wildman–Crippen LogP) is 3.03. The zero-order valence-corrected chi connectivity index (χ0v) is 9.74. The Kier molecular flexibility index (Phi) is 4.27. The summed E-state index contributed by atoms with van der Waals surface area (Å²) < 4.78 is 39.2. The second kappa shape index (κ2) is 5.14. The molecule has 6 heteroatoms. The minimum atomic E-state index is -1.58. The Bertz CT molecular complexity index is 424. The third-order valence-electron chi connectivity index (χ3n) is 3.17. The van der Waals surface area contributed by atoms with Gasteiger partial charge in [0.25, 0.3) is 0 Å². The Morgan fingerprint density at radius 1 is 1.24 bits per heavy atom. The van der Waals surface area contributed by atoms with Crippen molar-refractivity contribution in [2.75, 3.05) is 0 Å². The van der Waals surface area contributed by atoms with Gasteiger partial charge in [-0.25, -0.2) is 13.2 Å². The molecular formula is C11H13ClF3NO. The molecule has 0 spiro atoms. The molecule has 1 saturated carbocycles. The number of aromatic hydroxyl groups is 1. The monoisotopic (exact) mass is 267 g/mol. The van der Waals surface area contributed by atoms with E-state index in [-0.39, 0.29) is 23.9 Å². The van der Waals surface area contributed by atoms with Crippen LogP contribution in [0.2, 0.25) is 0 Å². The van der Waals surface area contributed by atoms with Gasteiger partial charge in [0.05, 0.1) is 0 Å². The molecule has 1 aromatic rings. The van der Waals surface area contributed by atoms with Crippen molar-refractivity contribution in [3.8, 4) is 5.75 Å². The van der Waals surface area contributed by atoms with Gasteiger partial charge in [0.1, 0.15) is 5.75 Å². The highest BCUT2D eigenvalue weighted by molar-refractivity contribution is 5.85. The maximum atomic E-state index is 13.4. The first-order valence-corrected chi connectivity index (χ1v) is 5.14. The van der Waals surface area contributed by atoms with E-state index in [1.165, 1.54) is 0 Å². The van der Waals surface area contributed by atoms with E-state index in [0.717, 1.165) is 19.3 Å². The SMILES string of the molecule is Cl.N[C@H](c1c(O)cc(F)c(F)c1F)C1CCC1.